The molecule has 5 nitrogen and oxygen atoms in total. The molecule has 4 aromatic rings. The molecule has 2 aromatic carbocycles. The summed E-state index contributed by atoms with van der Waals surface area (Å²) in [5.74, 6) is 1.55. The van der Waals surface area contributed by atoms with Crippen LogP contribution in [0.1, 0.15) is 50.3 Å². The second kappa shape index (κ2) is 10.8. The lowest BCUT2D eigenvalue weighted by Gasteiger charge is -2.22. The topological polar surface area (TPSA) is 62.7 Å². The van der Waals surface area contributed by atoms with Crippen molar-refractivity contribution in [1.82, 2.24) is 15.0 Å². The first-order chi connectivity index (χ1) is 17.1. The highest BCUT2D eigenvalue weighted by atomic mass is 35.5. The third kappa shape index (κ3) is 5.54. The van der Waals surface area contributed by atoms with Gasteiger partial charge in [-0.15, -0.1) is 0 Å². The van der Waals surface area contributed by atoms with E-state index in [0.29, 0.717) is 6.04 Å². The van der Waals surface area contributed by atoms with Gasteiger partial charge in [0.25, 0.3) is 0 Å². The van der Waals surface area contributed by atoms with Gasteiger partial charge in [-0.2, -0.15) is 0 Å². The van der Waals surface area contributed by atoms with Gasteiger partial charge in [0.05, 0.1) is 10.5 Å². The molecule has 0 aliphatic heterocycles. The van der Waals surface area contributed by atoms with E-state index >= 15 is 0 Å². The van der Waals surface area contributed by atoms with Crippen LogP contribution in [0.5, 0.6) is 0 Å². The summed E-state index contributed by atoms with van der Waals surface area (Å²) in [6.45, 7) is 4.23. The van der Waals surface area contributed by atoms with Gasteiger partial charge in [-0.25, -0.2) is 15.0 Å². The summed E-state index contributed by atoms with van der Waals surface area (Å²) in [6, 6.07) is 16.8. The van der Waals surface area contributed by atoms with Crippen LogP contribution >= 0.6 is 23.5 Å². The molecule has 1 aliphatic rings. The Bertz CT molecular complexity index is 1340. The zero-order chi connectivity index (χ0) is 24.2. The molecule has 1 saturated carbocycles. The molecule has 2 aromatic heterocycles. The summed E-state index contributed by atoms with van der Waals surface area (Å²) < 4.78 is 3.31. The Morgan fingerprint density at radius 1 is 1.03 bits per heavy atom. The molecule has 2 N–H and O–H groups in total. The summed E-state index contributed by atoms with van der Waals surface area (Å²) in [6.07, 6.45) is 9.18. The number of anilines is 2. The molecule has 1 fully saturated rings. The Hall–Kier alpha value is -2.83. The number of benzene rings is 2. The third-order valence-electron chi connectivity index (χ3n) is 6.58. The summed E-state index contributed by atoms with van der Waals surface area (Å²) >= 11 is 7.73. The van der Waals surface area contributed by atoms with E-state index in [1.54, 1.807) is 0 Å². The van der Waals surface area contributed by atoms with Gasteiger partial charge >= 0.3 is 0 Å². The first-order valence-electron chi connectivity index (χ1n) is 12.3. The Kier molecular flexibility index (Phi) is 7.40. The fraction of sp³-hybridized carbons (Fsp3) is 0.321. The summed E-state index contributed by atoms with van der Waals surface area (Å²) in [5, 5.41) is 5.35. The van der Waals surface area contributed by atoms with Gasteiger partial charge < -0.3 is 10.0 Å². The van der Waals surface area contributed by atoms with E-state index in [4.69, 9.17) is 21.6 Å². The molecule has 7 heteroatoms. The minimum atomic E-state index is 0.488. The Labute approximate surface area is 216 Å². The fourth-order valence-electron chi connectivity index (χ4n) is 4.70. The van der Waals surface area contributed by atoms with Crippen molar-refractivity contribution >= 4 is 46.2 Å². The molecule has 0 atom stereocenters. The number of nitrogens with one attached hydrogen (secondary N) is 2. The van der Waals surface area contributed by atoms with Gasteiger partial charge in [-0.05, 0) is 85.7 Å². The van der Waals surface area contributed by atoms with Crippen molar-refractivity contribution in [3.8, 4) is 11.1 Å². The van der Waals surface area contributed by atoms with E-state index in [1.165, 1.54) is 49.6 Å². The van der Waals surface area contributed by atoms with Crippen molar-refractivity contribution in [2.24, 2.45) is 0 Å². The molecule has 0 radical (unpaired) electrons. The van der Waals surface area contributed by atoms with E-state index in [1.807, 2.05) is 43.5 Å². The predicted molar refractivity (Wildman–Crippen MR) is 148 cm³/mol. The minimum absolute atomic E-state index is 0.488. The number of halogens is 1. The van der Waals surface area contributed by atoms with Crippen LogP contribution in [0.2, 0.25) is 5.02 Å². The summed E-state index contributed by atoms with van der Waals surface area (Å²) in [5.41, 5.74) is 5.47. The molecule has 180 valence electrons. The van der Waals surface area contributed by atoms with E-state index in [9.17, 15) is 0 Å². The maximum Gasteiger partial charge on any atom is 0.223 e. The number of hydrogen-bond acceptors (Lipinski definition) is 6. The van der Waals surface area contributed by atoms with E-state index in [-0.39, 0.29) is 0 Å². The maximum atomic E-state index is 6.27. The van der Waals surface area contributed by atoms with Crippen LogP contribution < -0.4 is 10.0 Å². The molecule has 0 unspecified atom stereocenters. The van der Waals surface area contributed by atoms with Gasteiger partial charge in [0.1, 0.15) is 5.82 Å². The molecule has 2 heterocycles. The van der Waals surface area contributed by atoms with Crippen LogP contribution in [0.3, 0.4) is 0 Å². The lowest BCUT2D eigenvalue weighted by Crippen LogP contribution is -2.23. The van der Waals surface area contributed by atoms with Crippen LogP contribution in [-0.4, -0.2) is 21.0 Å². The molecule has 0 spiro atoms. The SMILES string of the molecule is CCc1cc(-c2ccc(NSc3ccccc3Cl)nc2C)cc2cnc(NC3CCCCC3)nc12. The molecule has 0 saturated heterocycles. The average Bonchev–Trinajstić information content (AvgIpc) is 2.88. The number of rotatable bonds is 7. The highest BCUT2D eigenvalue weighted by Gasteiger charge is 2.16. The van der Waals surface area contributed by atoms with Crippen molar-refractivity contribution in [2.75, 3.05) is 10.0 Å². The van der Waals surface area contributed by atoms with Crippen LogP contribution in [-0.2, 0) is 6.42 Å². The monoisotopic (exact) mass is 503 g/mol. The molecule has 1 aliphatic carbocycles. The highest BCUT2D eigenvalue weighted by Crippen LogP contribution is 2.32. The number of aromatic nitrogens is 3. The number of fused-ring (bicyclic) bond motifs is 1. The van der Waals surface area contributed by atoms with Crippen molar-refractivity contribution in [1.29, 1.82) is 0 Å². The lowest BCUT2D eigenvalue weighted by molar-refractivity contribution is 0.461. The number of aryl methyl sites for hydroxylation is 2. The van der Waals surface area contributed by atoms with Crippen LogP contribution in [0, 0.1) is 6.92 Å². The predicted octanol–water partition coefficient (Wildman–Crippen LogP) is 8.08. The second-order valence-electron chi connectivity index (χ2n) is 9.06. The van der Waals surface area contributed by atoms with Crippen molar-refractivity contribution < 1.29 is 0 Å². The molecule has 5 rings (SSSR count). The molecule has 0 amide bonds. The normalized spacial score (nSPS) is 14.3. The Morgan fingerprint density at radius 3 is 2.63 bits per heavy atom. The summed E-state index contributed by atoms with van der Waals surface area (Å²) in [4.78, 5) is 15.3. The van der Waals surface area contributed by atoms with Gasteiger partial charge in [-0.1, -0.05) is 49.9 Å². The van der Waals surface area contributed by atoms with Gasteiger partial charge in [0.15, 0.2) is 0 Å². The number of hydrogen-bond donors (Lipinski definition) is 2. The van der Waals surface area contributed by atoms with E-state index < -0.39 is 0 Å². The zero-order valence-corrected chi connectivity index (χ0v) is 21.7. The standard InChI is InChI=1S/C28H30ClN5S/c1-3-19-15-20(16-21-17-30-28(33-27(19)21)32-22-9-5-4-6-10-22)23-13-14-26(31-18(23)2)34-35-25-12-8-7-11-24(25)29/h7-8,11-17,22H,3-6,9-10H2,1-2H3,(H,31,34)(H,30,32,33). The zero-order valence-electron chi connectivity index (χ0n) is 20.1. The smallest absolute Gasteiger partial charge is 0.223 e. The second-order valence-corrected chi connectivity index (χ2v) is 10.3. The van der Waals surface area contributed by atoms with Crippen molar-refractivity contribution in [3.63, 3.8) is 0 Å². The molecule has 0 bridgehead atoms. The maximum absolute atomic E-state index is 6.27. The van der Waals surface area contributed by atoms with Crippen LogP contribution in [0.25, 0.3) is 22.0 Å². The first kappa shape index (κ1) is 23.9. The van der Waals surface area contributed by atoms with Crippen LogP contribution in [0.4, 0.5) is 11.8 Å². The summed E-state index contributed by atoms with van der Waals surface area (Å²) in [7, 11) is 0. The highest BCUT2D eigenvalue weighted by molar-refractivity contribution is 8.00. The Morgan fingerprint density at radius 2 is 1.86 bits per heavy atom. The lowest BCUT2D eigenvalue weighted by atomic mass is 9.96. The van der Waals surface area contributed by atoms with Gasteiger partial charge in [0.2, 0.25) is 5.95 Å². The molecular weight excluding hydrogens is 474 g/mol. The quantitative estimate of drug-likeness (QED) is 0.248. The van der Waals surface area contributed by atoms with Gasteiger partial charge in [0, 0.05) is 33.8 Å². The molecular formula is C28H30ClN5S. The average molecular weight is 504 g/mol. The third-order valence-corrected chi connectivity index (χ3v) is 7.91. The largest absolute Gasteiger partial charge is 0.351 e. The van der Waals surface area contributed by atoms with Gasteiger partial charge in [-0.3, -0.25) is 0 Å². The fourth-order valence-corrected chi connectivity index (χ4v) is 5.59. The van der Waals surface area contributed by atoms with E-state index in [0.717, 1.165) is 55.8 Å². The van der Waals surface area contributed by atoms with Crippen molar-refractivity contribution in [2.45, 2.75) is 63.3 Å². The number of nitrogens with zero attached hydrogens (tertiary/aromatic N) is 3. The number of pyridine rings is 1. The molecule has 35 heavy (non-hydrogen) atoms. The first-order valence-corrected chi connectivity index (χ1v) is 13.5. The van der Waals surface area contributed by atoms with Crippen molar-refractivity contribution in [3.05, 3.63) is 71.0 Å². The minimum Gasteiger partial charge on any atom is -0.351 e. The Balaban J connectivity index is 1.38. The van der Waals surface area contributed by atoms with E-state index in [2.05, 4.69) is 40.1 Å². The van der Waals surface area contributed by atoms with Crippen LogP contribution in [0.15, 0.2) is 59.6 Å².